The van der Waals surface area contributed by atoms with E-state index in [1.54, 1.807) is 14.2 Å². The molecule has 0 spiro atoms. The first kappa shape index (κ1) is 18.4. The van der Waals surface area contributed by atoms with Crippen LogP contribution >= 0.6 is 0 Å². The molecule has 0 unspecified atom stereocenters. The zero-order valence-corrected chi connectivity index (χ0v) is 17.1. The summed E-state index contributed by atoms with van der Waals surface area (Å²) in [7, 11) is 3.38. The van der Waals surface area contributed by atoms with Crippen molar-refractivity contribution >= 4 is 0 Å². The highest BCUT2D eigenvalue weighted by atomic mass is 16.7. The van der Waals surface area contributed by atoms with Crippen LogP contribution in [-0.2, 0) is 0 Å². The topological polar surface area (TPSA) is 49.4 Å². The highest BCUT2D eigenvalue weighted by Gasteiger charge is 2.42. The van der Waals surface area contributed by atoms with Crippen LogP contribution in [0, 0.1) is 5.92 Å². The molecule has 0 saturated carbocycles. The molecule has 3 aliphatic heterocycles. The molecular formula is C23H27NO5. The van der Waals surface area contributed by atoms with Gasteiger partial charge in [0.05, 0.1) is 14.2 Å². The molecule has 0 aliphatic carbocycles. The maximum atomic E-state index is 6.55. The van der Waals surface area contributed by atoms with Gasteiger partial charge in [-0.2, -0.15) is 0 Å². The van der Waals surface area contributed by atoms with Crippen molar-refractivity contribution < 1.29 is 23.7 Å². The first-order chi connectivity index (χ1) is 14.2. The Morgan fingerprint density at radius 2 is 1.66 bits per heavy atom. The molecule has 5 rings (SSSR count). The fourth-order valence-corrected chi connectivity index (χ4v) is 4.90. The molecule has 3 atom stereocenters. The molecule has 0 radical (unpaired) electrons. The van der Waals surface area contributed by atoms with E-state index in [1.807, 2.05) is 18.2 Å². The zero-order valence-electron chi connectivity index (χ0n) is 17.1. The van der Waals surface area contributed by atoms with Crippen LogP contribution < -0.4 is 23.7 Å². The minimum absolute atomic E-state index is 0.0159. The summed E-state index contributed by atoms with van der Waals surface area (Å²) in [4.78, 5) is 2.46. The second-order valence-electron chi connectivity index (χ2n) is 7.94. The fraction of sp³-hybridized carbons (Fsp3) is 0.478. The third kappa shape index (κ3) is 3.06. The Balaban J connectivity index is 1.64. The minimum atomic E-state index is 0.0159. The first-order valence-electron chi connectivity index (χ1n) is 10.3. The average Bonchev–Trinajstić information content (AvgIpc) is 3.43. The van der Waals surface area contributed by atoms with Gasteiger partial charge in [0.25, 0.3) is 0 Å². The molecule has 3 heterocycles. The van der Waals surface area contributed by atoms with Gasteiger partial charge in [-0.05, 0) is 25.0 Å². The van der Waals surface area contributed by atoms with Crippen LogP contribution in [0.2, 0.25) is 0 Å². The summed E-state index contributed by atoms with van der Waals surface area (Å²) in [6.07, 6.45) is 2.45. The van der Waals surface area contributed by atoms with Crippen LogP contribution in [0.1, 0.15) is 36.8 Å². The van der Waals surface area contributed by atoms with Gasteiger partial charge in [0.15, 0.2) is 17.7 Å². The number of hydrogen-bond donors (Lipinski definition) is 0. The third-order valence-electron chi connectivity index (χ3n) is 6.34. The molecular weight excluding hydrogens is 370 g/mol. The number of likely N-dealkylation sites (tertiary alicyclic amines) is 1. The van der Waals surface area contributed by atoms with Crippen LogP contribution in [-0.4, -0.2) is 45.2 Å². The van der Waals surface area contributed by atoms with E-state index in [0.29, 0.717) is 0 Å². The van der Waals surface area contributed by atoms with Crippen molar-refractivity contribution in [2.75, 3.05) is 34.1 Å². The van der Waals surface area contributed by atoms with Crippen LogP contribution in [0.25, 0.3) is 0 Å². The summed E-state index contributed by atoms with van der Waals surface area (Å²) in [5.74, 6) is 4.35. The lowest BCUT2D eigenvalue weighted by molar-refractivity contribution is -0.0180. The maximum absolute atomic E-state index is 6.55. The van der Waals surface area contributed by atoms with Gasteiger partial charge in [-0.1, -0.05) is 13.0 Å². The van der Waals surface area contributed by atoms with E-state index in [-0.39, 0.29) is 24.9 Å². The van der Waals surface area contributed by atoms with E-state index in [4.69, 9.17) is 23.7 Å². The number of ether oxygens (including phenoxy) is 5. The largest absolute Gasteiger partial charge is 0.497 e. The fourth-order valence-electron chi connectivity index (χ4n) is 4.90. The molecule has 0 amide bonds. The van der Waals surface area contributed by atoms with Gasteiger partial charge in [0.1, 0.15) is 17.2 Å². The third-order valence-corrected chi connectivity index (χ3v) is 6.34. The number of fused-ring (bicyclic) bond motifs is 2. The summed E-state index contributed by atoms with van der Waals surface area (Å²) in [5.41, 5.74) is 2.24. The molecule has 0 N–H and O–H groups in total. The first-order valence-corrected chi connectivity index (χ1v) is 10.3. The summed E-state index contributed by atoms with van der Waals surface area (Å²) < 4.78 is 29.0. The van der Waals surface area contributed by atoms with Crippen molar-refractivity contribution in [2.24, 2.45) is 5.92 Å². The quantitative estimate of drug-likeness (QED) is 0.777. The van der Waals surface area contributed by atoms with Gasteiger partial charge in [-0.3, -0.25) is 4.90 Å². The van der Waals surface area contributed by atoms with Gasteiger partial charge in [0.2, 0.25) is 6.79 Å². The smallest absolute Gasteiger partial charge is 0.231 e. The van der Waals surface area contributed by atoms with Crippen LogP contribution in [0.5, 0.6) is 28.7 Å². The lowest BCUT2D eigenvalue weighted by Gasteiger charge is -2.42. The maximum Gasteiger partial charge on any atom is 0.231 e. The number of nitrogens with zero attached hydrogens (tertiary/aromatic N) is 1. The molecule has 2 aromatic rings. The van der Waals surface area contributed by atoms with E-state index in [9.17, 15) is 0 Å². The second-order valence-corrected chi connectivity index (χ2v) is 7.94. The Kier molecular flexibility index (Phi) is 4.66. The molecule has 6 heteroatoms. The number of rotatable bonds is 4. The van der Waals surface area contributed by atoms with Crippen molar-refractivity contribution in [1.82, 2.24) is 4.90 Å². The second kappa shape index (κ2) is 7.34. The normalized spacial score (nSPS) is 25.4. The lowest BCUT2D eigenvalue weighted by atomic mass is 9.77. The molecule has 6 nitrogen and oxygen atoms in total. The van der Waals surface area contributed by atoms with E-state index in [0.717, 1.165) is 53.0 Å². The summed E-state index contributed by atoms with van der Waals surface area (Å²) in [6.45, 7) is 4.66. The number of hydrogen-bond acceptors (Lipinski definition) is 6. The molecule has 29 heavy (non-hydrogen) atoms. The van der Waals surface area contributed by atoms with E-state index >= 15 is 0 Å². The Bertz CT molecular complexity index is 908. The molecule has 1 fully saturated rings. The van der Waals surface area contributed by atoms with Gasteiger partial charge >= 0.3 is 0 Å². The van der Waals surface area contributed by atoms with Gasteiger partial charge in [-0.25, -0.2) is 0 Å². The molecule has 0 bridgehead atoms. The standard InChI is InChI=1S/C23H27NO5/c1-14-22(16-7-6-15(25-2)10-18(16)26-3)17-11-20-21(28-13-27-20)12-19(17)29-23(14)24-8-4-5-9-24/h6-7,10-12,14,22-23H,4-5,8-9,13H2,1-3H3/t14-,22+,23+/m0/s1. The number of benzene rings is 2. The SMILES string of the molecule is COc1ccc([C@@H]2c3cc4c(cc3O[C@@H](N3CCCC3)[C@H]2C)OCO4)c(OC)c1. The predicted molar refractivity (Wildman–Crippen MR) is 108 cm³/mol. The van der Waals surface area contributed by atoms with Gasteiger partial charge in [-0.15, -0.1) is 0 Å². The molecule has 3 aliphatic rings. The number of methoxy groups -OCH3 is 2. The van der Waals surface area contributed by atoms with Crippen LogP contribution in [0.15, 0.2) is 30.3 Å². The molecule has 154 valence electrons. The van der Waals surface area contributed by atoms with E-state index < -0.39 is 0 Å². The highest BCUT2D eigenvalue weighted by Crippen LogP contribution is 2.51. The summed E-state index contributed by atoms with van der Waals surface area (Å²) in [6, 6.07) is 10.1. The predicted octanol–water partition coefficient (Wildman–Crippen LogP) is 4.01. The Labute approximate surface area is 171 Å². The Morgan fingerprint density at radius 3 is 2.38 bits per heavy atom. The van der Waals surface area contributed by atoms with Crippen molar-refractivity contribution in [3.8, 4) is 28.7 Å². The summed E-state index contributed by atoms with van der Waals surface area (Å²) in [5, 5.41) is 0. The van der Waals surface area contributed by atoms with Crippen molar-refractivity contribution in [1.29, 1.82) is 0 Å². The van der Waals surface area contributed by atoms with Crippen molar-refractivity contribution in [3.63, 3.8) is 0 Å². The molecule has 2 aromatic carbocycles. The highest BCUT2D eigenvalue weighted by molar-refractivity contribution is 5.58. The Hall–Kier alpha value is -2.60. The average molecular weight is 397 g/mol. The van der Waals surface area contributed by atoms with E-state index in [2.05, 4.69) is 24.0 Å². The van der Waals surface area contributed by atoms with Gasteiger partial charge < -0.3 is 23.7 Å². The Morgan fingerprint density at radius 1 is 0.897 bits per heavy atom. The van der Waals surface area contributed by atoms with Crippen LogP contribution in [0.4, 0.5) is 0 Å². The van der Waals surface area contributed by atoms with E-state index in [1.165, 1.54) is 12.8 Å². The van der Waals surface area contributed by atoms with Crippen LogP contribution in [0.3, 0.4) is 0 Å². The van der Waals surface area contributed by atoms with Gasteiger partial charge in [0, 0.05) is 48.2 Å². The lowest BCUT2D eigenvalue weighted by Crippen LogP contribution is -2.47. The monoisotopic (exact) mass is 397 g/mol. The molecule has 1 saturated heterocycles. The van der Waals surface area contributed by atoms with Crippen molar-refractivity contribution in [3.05, 3.63) is 41.5 Å². The minimum Gasteiger partial charge on any atom is -0.497 e. The summed E-state index contributed by atoms with van der Waals surface area (Å²) >= 11 is 0. The zero-order chi connectivity index (χ0) is 20.0. The van der Waals surface area contributed by atoms with Crippen molar-refractivity contribution in [2.45, 2.75) is 31.9 Å². The molecule has 0 aromatic heterocycles.